The molecule has 7 nitrogen and oxygen atoms in total. The first kappa shape index (κ1) is 34.9. The molecule has 14 rings (SSSR count). The molecule has 64 heavy (non-hydrogen) atoms. The lowest BCUT2D eigenvalue weighted by Crippen LogP contribution is -2.00. The molecule has 0 fully saturated rings. The Hall–Kier alpha value is -8.81. The van der Waals surface area contributed by atoms with Gasteiger partial charge >= 0.3 is 0 Å². The predicted octanol–water partition coefficient (Wildman–Crippen LogP) is 15.3. The van der Waals surface area contributed by atoms with E-state index >= 15 is 0 Å². The molecule has 0 amide bonds. The summed E-state index contributed by atoms with van der Waals surface area (Å²) in [4.78, 5) is 15.5. The Labute approximate surface area is 364 Å². The van der Waals surface area contributed by atoms with Crippen LogP contribution in [0, 0.1) is 0 Å². The van der Waals surface area contributed by atoms with Gasteiger partial charge in [-0.2, -0.15) is 0 Å². The molecule has 7 heteroatoms. The number of aromatic nitrogens is 4. The van der Waals surface area contributed by atoms with Crippen LogP contribution in [0.25, 0.3) is 139 Å². The van der Waals surface area contributed by atoms with Gasteiger partial charge in [0.25, 0.3) is 0 Å². The Morgan fingerprint density at radius 2 is 0.891 bits per heavy atom. The molecule has 5 heterocycles. The van der Waals surface area contributed by atoms with Gasteiger partial charge < -0.3 is 17.8 Å². The number of nitrogens with zero attached hydrogens (tertiary/aromatic N) is 4. The summed E-state index contributed by atoms with van der Waals surface area (Å²) in [6, 6.07) is 66.8. The van der Waals surface area contributed by atoms with Gasteiger partial charge in [-0.1, -0.05) is 127 Å². The number of hydrogen-bond donors (Lipinski definition) is 0. The minimum absolute atomic E-state index is 0.527. The molecule has 0 unspecified atom stereocenters. The van der Waals surface area contributed by atoms with Crippen LogP contribution < -0.4 is 0 Å². The highest BCUT2D eigenvalue weighted by Gasteiger charge is 2.22. The Morgan fingerprint density at radius 3 is 1.69 bits per heavy atom. The molecule has 0 bridgehead atoms. The highest BCUT2D eigenvalue weighted by atomic mass is 16.3. The van der Waals surface area contributed by atoms with Crippen molar-refractivity contribution in [1.82, 2.24) is 19.5 Å². The fourth-order valence-corrected chi connectivity index (χ4v) is 9.83. The van der Waals surface area contributed by atoms with Crippen LogP contribution in [0.4, 0.5) is 0 Å². The Morgan fingerprint density at radius 1 is 0.312 bits per heavy atom. The molecule has 0 radical (unpaired) electrons. The molecule has 0 saturated heterocycles. The van der Waals surface area contributed by atoms with Crippen molar-refractivity contribution in [2.45, 2.75) is 0 Å². The van der Waals surface area contributed by atoms with Gasteiger partial charge in [0, 0.05) is 66.0 Å². The maximum Gasteiger partial charge on any atom is 0.167 e. The van der Waals surface area contributed by atoms with E-state index in [9.17, 15) is 0 Å². The van der Waals surface area contributed by atoms with Gasteiger partial charge in [0.1, 0.15) is 33.5 Å². The summed E-state index contributed by atoms with van der Waals surface area (Å²) in [5.74, 6) is 1.63. The van der Waals surface area contributed by atoms with Gasteiger partial charge in [0.15, 0.2) is 17.5 Å². The largest absolute Gasteiger partial charge is 0.456 e. The van der Waals surface area contributed by atoms with Crippen LogP contribution in [-0.2, 0) is 0 Å². The van der Waals surface area contributed by atoms with E-state index in [1.54, 1.807) is 0 Å². The van der Waals surface area contributed by atoms with Gasteiger partial charge in [-0.05, 0) is 71.8 Å². The number of para-hydroxylation sites is 4. The van der Waals surface area contributed by atoms with Gasteiger partial charge in [-0.15, -0.1) is 0 Å². The van der Waals surface area contributed by atoms with Crippen molar-refractivity contribution < 1.29 is 13.3 Å². The first-order chi connectivity index (χ1) is 31.7. The van der Waals surface area contributed by atoms with Crippen LogP contribution in [-0.4, -0.2) is 19.5 Å². The number of fused-ring (bicyclic) bond motifs is 12. The maximum atomic E-state index is 6.68. The average molecular weight is 821 g/mol. The van der Waals surface area contributed by atoms with Crippen molar-refractivity contribution >= 4 is 87.6 Å². The van der Waals surface area contributed by atoms with Gasteiger partial charge in [-0.25, -0.2) is 15.0 Å². The van der Waals surface area contributed by atoms with E-state index in [1.807, 2.05) is 72.8 Å². The second kappa shape index (κ2) is 13.3. The minimum Gasteiger partial charge on any atom is -0.456 e. The Kier molecular flexibility index (Phi) is 7.27. The molecule has 0 aliphatic rings. The molecule has 14 aromatic rings. The lowest BCUT2D eigenvalue weighted by molar-refractivity contribution is 0.668. The van der Waals surface area contributed by atoms with Crippen molar-refractivity contribution in [3.63, 3.8) is 0 Å². The molecule has 0 N–H and O–H groups in total. The standard InChI is InChI=1S/C57H32N4O3/c1-2-13-33(14-3-1)55-58-56(60-57(59-55)43-21-10-19-40-39-17-6-9-24-47(39)64-54(40)43)42-20-12-26-50-53(42)44-31-34(27-30-48(44)62-50)36-18-11-25-49-52(36)41-29-28-35(32-51(41)63-49)61-45-22-7-4-15-37(45)38-16-5-8-23-46(38)61/h1-32H. The monoisotopic (exact) mass is 820 g/mol. The zero-order chi connectivity index (χ0) is 41.9. The van der Waals surface area contributed by atoms with E-state index in [0.717, 1.165) is 110 Å². The lowest BCUT2D eigenvalue weighted by atomic mass is 9.97. The molecule has 298 valence electrons. The van der Waals surface area contributed by atoms with Crippen LogP contribution in [0.2, 0.25) is 0 Å². The summed E-state index contributed by atoms with van der Waals surface area (Å²) in [5.41, 5.74) is 12.7. The Bertz CT molecular complexity index is 4160. The molecular formula is C57H32N4O3. The number of hydrogen-bond acceptors (Lipinski definition) is 6. The predicted molar refractivity (Wildman–Crippen MR) is 258 cm³/mol. The number of furan rings is 3. The molecule has 9 aromatic carbocycles. The fourth-order valence-electron chi connectivity index (χ4n) is 9.83. The third-order valence-electron chi connectivity index (χ3n) is 12.7. The second-order valence-electron chi connectivity index (χ2n) is 16.3. The summed E-state index contributed by atoms with van der Waals surface area (Å²) in [7, 11) is 0. The molecule has 0 aliphatic heterocycles. The smallest absolute Gasteiger partial charge is 0.167 e. The third-order valence-corrected chi connectivity index (χ3v) is 12.7. The molecule has 0 atom stereocenters. The fraction of sp³-hybridized carbons (Fsp3) is 0. The van der Waals surface area contributed by atoms with Crippen molar-refractivity contribution in [2.75, 3.05) is 0 Å². The zero-order valence-electron chi connectivity index (χ0n) is 34.0. The minimum atomic E-state index is 0.527. The van der Waals surface area contributed by atoms with Crippen molar-refractivity contribution in [1.29, 1.82) is 0 Å². The highest BCUT2D eigenvalue weighted by Crippen LogP contribution is 2.43. The SMILES string of the molecule is c1ccc(-c2nc(-c3cccc4c3oc3ccccc34)nc(-c3cccc4oc5ccc(-c6cccc7oc8cc(-n9c%10ccccc%10c%10ccccc%109)ccc8c67)cc5c34)n2)cc1. The van der Waals surface area contributed by atoms with E-state index in [1.165, 1.54) is 10.8 Å². The zero-order valence-corrected chi connectivity index (χ0v) is 34.0. The van der Waals surface area contributed by atoms with Gasteiger partial charge in [-0.3, -0.25) is 0 Å². The van der Waals surface area contributed by atoms with Crippen LogP contribution in [0.3, 0.4) is 0 Å². The molecular weight excluding hydrogens is 789 g/mol. The number of rotatable bonds is 5. The summed E-state index contributed by atoms with van der Waals surface area (Å²) >= 11 is 0. The normalized spacial score (nSPS) is 12.1. The highest BCUT2D eigenvalue weighted by molar-refractivity contribution is 6.17. The van der Waals surface area contributed by atoms with E-state index in [-0.39, 0.29) is 0 Å². The summed E-state index contributed by atoms with van der Waals surface area (Å²) in [6.07, 6.45) is 0. The van der Waals surface area contributed by atoms with E-state index in [0.29, 0.717) is 17.5 Å². The van der Waals surface area contributed by atoms with E-state index < -0.39 is 0 Å². The van der Waals surface area contributed by atoms with Gasteiger partial charge in [0.05, 0.1) is 16.6 Å². The molecule has 0 spiro atoms. The summed E-state index contributed by atoms with van der Waals surface area (Å²) < 4.78 is 22.1. The van der Waals surface area contributed by atoms with Crippen LogP contribution >= 0.6 is 0 Å². The van der Waals surface area contributed by atoms with Gasteiger partial charge in [0.2, 0.25) is 0 Å². The topological polar surface area (TPSA) is 83.0 Å². The van der Waals surface area contributed by atoms with Crippen LogP contribution in [0.5, 0.6) is 0 Å². The quantitative estimate of drug-likeness (QED) is 0.172. The van der Waals surface area contributed by atoms with Crippen LogP contribution in [0.1, 0.15) is 0 Å². The average Bonchev–Trinajstić information content (AvgIpc) is 4.12. The number of benzene rings is 9. The van der Waals surface area contributed by atoms with E-state index in [2.05, 4.69) is 126 Å². The summed E-state index contributed by atoms with van der Waals surface area (Å²) in [5, 5.41) is 8.52. The maximum absolute atomic E-state index is 6.68. The van der Waals surface area contributed by atoms with Crippen molar-refractivity contribution in [3.8, 4) is 51.0 Å². The second-order valence-corrected chi connectivity index (χ2v) is 16.3. The van der Waals surface area contributed by atoms with E-state index in [4.69, 9.17) is 28.2 Å². The lowest BCUT2D eigenvalue weighted by Gasteiger charge is -2.10. The summed E-state index contributed by atoms with van der Waals surface area (Å²) in [6.45, 7) is 0. The van der Waals surface area contributed by atoms with Crippen molar-refractivity contribution in [3.05, 3.63) is 194 Å². The molecule has 0 aliphatic carbocycles. The molecule has 5 aromatic heterocycles. The van der Waals surface area contributed by atoms with Crippen LogP contribution in [0.15, 0.2) is 207 Å². The first-order valence-corrected chi connectivity index (χ1v) is 21.3. The molecule has 0 saturated carbocycles. The Balaban J connectivity index is 0.944. The first-order valence-electron chi connectivity index (χ1n) is 21.3. The third kappa shape index (κ3) is 5.12. The van der Waals surface area contributed by atoms with Crippen molar-refractivity contribution in [2.24, 2.45) is 0 Å².